The molecule has 1 unspecified atom stereocenters. The van der Waals surface area contributed by atoms with Gasteiger partial charge in [-0.3, -0.25) is 9.69 Å². The number of esters is 1. The lowest BCUT2D eigenvalue weighted by Crippen LogP contribution is -2.41. The lowest BCUT2D eigenvalue weighted by Gasteiger charge is -2.28. The highest BCUT2D eigenvalue weighted by Crippen LogP contribution is 2.09. The molecular formula is C9H17NO3. The summed E-state index contributed by atoms with van der Waals surface area (Å²) in [5.74, 6) is -0.198. The van der Waals surface area contributed by atoms with Crippen LogP contribution >= 0.6 is 0 Å². The number of rotatable bonds is 3. The number of hydrogen-bond donors (Lipinski definition) is 1. The van der Waals surface area contributed by atoms with Crippen LogP contribution in [0.25, 0.3) is 0 Å². The summed E-state index contributed by atoms with van der Waals surface area (Å²) in [4.78, 5) is 13.0. The van der Waals surface area contributed by atoms with Crippen LogP contribution in [0.4, 0.5) is 0 Å². The smallest absolute Gasteiger partial charge is 0.320 e. The minimum absolute atomic E-state index is 0.198. The zero-order valence-corrected chi connectivity index (χ0v) is 8.03. The summed E-state index contributed by atoms with van der Waals surface area (Å²) < 4.78 is 4.82. The number of nitrogens with zero attached hydrogens (tertiary/aromatic N) is 1. The Morgan fingerprint density at radius 1 is 1.69 bits per heavy atom. The van der Waals surface area contributed by atoms with Crippen LogP contribution < -0.4 is 0 Å². The van der Waals surface area contributed by atoms with Crippen LogP contribution in [0, 0.1) is 0 Å². The number of hydrogen-bond acceptors (Lipinski definition) is 4. The molecule has 1 N–H and O–H groups in total. The Hall–Kier alpha value is -0.610. The van der Waals surface area contributed by atoms with Crippen LogP contribution in [0.3, 0.4) is 0 Å². The lowest BCUT2D eigenvalue weighted by molar-refractivity contribution is -0.145. The largest absolute Gasteiger partial charge is 0.465 e. The maximum atomic E-state index is 11.1. The summed E-state index contributed by atoms with van der Waals surface area (Å²) in [5, 5.41) is 9.33. The maximum Gasteiger partial charge on any atom is 0.320 e. The summed E-state index contributed by atoms with van der Waals surface area (Å²) in [5.41, 5.74) is 0. The van der Waals surface area contributed by atoms with E-state index in [4.69, 9.17) is 4.74 Å². The van der Waals surface area contributed by atoms with E-state index in [9.17, 15) is 9.90 Å². The van der Waals surface area contributed by atoms with Crippen molar-refractivity contribution in [3.05, 3.63) is 0 Å². The van der Waals surface area contributed by atoms with Gasteiger partial charge in [-0.2, -0.15) is 0 Å². The van der Waals surface area contributed by atoms with Gasteiger partial charge in [-0.15, -0.1) is 0 Å². The van der Waals surface area contributed by atoms with Crippen LogP contribution in [0.5, 0.6) is 0 Å². The molecule has 76 valence electrons. The molecule has 1 fully saturated rings. The van der Waals surface area contributed by atoms with Crippen LogP contribution in [0.15, 0.2) is 0 Å². The van der Waals surface area contributed by atoms with Crippen molar-refractivity contribution in [3.8, 4) is 0 Å². The molecule has 0 radical (unpaired) electrons. The first kappa shape index (κ1) is 10.5. The van der Waals surface area contributed by atoms with E-state index >= 15 is 0 Å². The predicted molar refractivity (Wildman–Crippen MR) is 48.3 cm³/mol. The van der Waals surface area contributed by atoms with E-state index in [1.165, 1.54) is 0 Å². The van der Waals surface area contributed by atoms with Gasteiger partial charge >= 0.3 is 5.97 Å². The molecular weight excluding hydrogens is 170 g/mol. The summed E-state index contributed by atoms with van der Waals surface area (Å²) in [6, 6.07) is 0. The number of carbonyl (C=O) groups is 1. The third kappa shape index (κ3) is 3.74. The fourth-order valence-corrected chi connectivity index (χ4v) is 1.56. The van der Waals surface area contributed by atoms with Crippen molar-refractivity contribution in [2.24, 2.45) is 0 Å². The molecule has 0 aromatic carbocycles. The van der Waals surface area contributed by atoms with Gasteiger partial charge in [0.1, 0.15) is 0 Å². The summed E-state index contributed by atoms with van der Waals surface area (Å²) in [6.45, 7) is 4.01. The third-order valence-corrected chi connectivity index (χ3v) is 2.14. The number of ether oxygens (including phenoxy) is 1. The van der Waals surface area contributed by atoms with E-state index in [1.807, 2.05) is 4.90 Å². The van der Waals surface area contributed by atoms with E-state index in [0.29, 0.717) is 19.7 Å². The van der Waals surface area contributed by atoms with Crippen molar-refractivity contribution < 1.29 is 14.6 Å². The number of aliphatic hydroxyl groups is 1. The van der Waals surface area contributed by atoms with Gasteiger partial charge in [-0.05, 0) is 26.3 Å². The van der Waals surface area contributed by atoms with Gasteiger partial charge < -0.3 is 9.84 Å². The van der Waals surface area contributed by atoms with Gasteiger partial charge in [0.05, 0.1) is 19.3 Å². The van der Waals surface area contributed by atoms with Crippen molar-refractivity contribution in [1.29, 1.82) is 0 Å². The van der Waals surface area contributed by atoms with Crippen molar-refractivity contribution in [1.82, 2.24) is 4.90 Å². The molecule has 0 aliphatic carbocycles. The molecule has 13 heavy (non-hydrogen) atoms. The van der Waals surface area contributed by atoms with Gasteiger partial charge in [-0.25, -0.2) is 0 Å². The molecule has 1 saturated heterocycles. The number of piperidine rings is 1. The molecule has 4 nitrogen and oxygen atoms in total. The minimum Gasteiger partial charge on any atom is -0.465 e. The number of carbonyl (C=O) groups excluding carboxylic acids is 1. The first-order valence-corrected chi connectivity index (χ1v) is 4.78. The maximum absolute atomic E-state index is 11.1. The lowest BCUT2D eigenvalue weighted by atomic mass is 10.1. The molecule has 0 amide bonds. The van der Waals surface area contributed by atoms with Gasteiger partial charge in [0.15, 0.2) is 0 Å². The Morgan fingerprint density at radius 3 is 3.08 bits per heavy atom. The molecule has 0 aromatic heterocycles. The summed E-state index contributed by atoms with van der Waals surface area (Å²) in [6.07, 6.45) is 1.53. The number of β-amino-alcohol motifs (C(OH)–C–C–N with tert-alkyl or cyclic N) is 1. The first-order chi connectivity index (χ1) is 6.22. The van der Waals surface area contributed by atoms with E-state index < -0.39 is 0 Å². The van der Waals surface area contributed by atoms with E-state index in [-0.39, 0.29) is 12.1 Å². The van der Waals surface area contributed by atoms with Crippen molar-refractivity contribution in [2.45, 2.75) is 25.9 Å². The topological polar surface area (TPSA) is 49.8 Å². The highest BCUT2D eigenvalue weighted by Gasteiger charge is 2.19. The minimum atomic E-state index is -0.275. The number of likely N-dealkylation sites (tertiary alicyclic amines) is 1. The van der Waals surface area contributed by atoms with Gasteiger partial charge in [0, 0.05) is 6.54 Å². The molecule has 0 saturated carbocycles. The summed E-state index contributed by atoms with van der Waals surface area (Å²) >= 11 is 0. The van der Waals surface area contributed by atoms with E-state index in [0.717, 1.165) is 19.4 Å². The molecule has 1 heterocycles. The second-order valence-electron chi connectivity index (χ2n) is 3.34. The van der Waals surface area contributed by atoms with Crippen LogP contribution in [0.2, 0.25) is 0 Å². The average Bonchev–Trinajstić information content (AvgIpc) is 2.04. The quantitative estimate of drug-likeness (QED) is 0.632. The molecule has 0 aromatic rings. The van der Waals surface area contributed by atoms with Crippen LogP contribution in [-0.2, 0) is 9.53 Å². The van der Waals surface area contributed by atoms with Crippen LogP contribution in [0.1, 0.15) is 19.8 Å². The van der Waals surface area contributed by atoms with E-state index in [1.54, 1.807) is 6.92 Å². The highest BCUT2D eigenvalue weighted by molar-refractivity contribution is 5.71. The molecule has 1 aliphatic heterocycles. The molecule has 1 aliphatic rings. The zero-order chi connectivity index (χ0) is 9.68. The van der Waals surface area contributed by atoms with E-state index in [2.05, 4.69) is 0 Å². The normalized spacial score (nSPS) is 24.3. The standard InChI is InChI=1S/C9H17NO3/c1-2-13-9(12)7-10-5-3-4-8(11)6-10/h8,11H,2-7H2,1H3. The molecule has 1 rings (SSSR count). The average molecular weight is 187 g/mol. The van der Waals surface area contributed by atoms with Crippen LogP contribution in [-0.4, -0.2) is 48.3 Å². The third-order valence-electron chi connectivity index (χ3n) is 2.14. The molecule has 0 bridgehead atoms. The molecule has 1 atom stereocenters. The SMILES string of the molecule is CCOC(=O)CN1CCCC(O)C1. The molecule has 4 heteroatoms. The summed E-state index contributed by atoms with van der Waals surface area (Å²) in [7, 11) is 0. The second kappa shape index (κ2) is 5.19. The second-order valence-corrected chi connectivity index (χ2v) is 3.34. The van der Waals surface area contributed by atoms with Gasteiger partial charge in [-0.1, -0.05) is 0 Å². The predicted octanol–water partition coefficient (Wildman–Crippen LogP) is 0.00620. The fourth-order valence-electron chi connectivity index (χ4n) is 1.56. The van der Waals surface area contributed by atoms with Gasteiger partial charge in [0.2, 0.25) is 0 Å². The van der Waals surface area contributed by atoms with Gasteiger partial charge in [0.25, 0.3) is 0 Å². The Morgan fingerprint density at radius 2 is 2.46 bits per heavy atom. The Bertz CT molecular complexity index is 172. The Balaban J connectivity index is 2.23. The Labute approximate surface area is 78.5 Å². The number of aliphatic hydroxyl groups excluding tert-OH is 1. The first-order valence-electron chi connectivity index (χ1n) is 4.78. The zero-order valence-electron chi connectivity index (χ0n) is 8.03. The van der Waals surface area contributed by atoms with Crippen molar-refractivity contribution in [3.63, 3.8) is 0 Å². The van der Waals surface area contributed by atoms with Crippen molar-refractivity contribution >= 4 is 5.97 Å². The highest BCUT2D eigenvalue weighted by atomic mass is 16.5. The monoisotopic (exact) mass is 187 g/mol. The molecule has 0 spiro atoms. The fraction of sp³-hybridized carbons (Fsp3) is 0.889. The Kier molecular flexibility index (Phi) is 4.18. The van der Waals surface area contributed by atoms with Crippen molar-refractivity contribution in [2.75, 3.05) is 26.2 Å².